The Kier molecular flexibility index (Phi) is 3.27. The predicted octanol–water partition coefficient (Wildman–Crippen LogP) is 2.50. The van der Waals surface area contributed by atoms with Gasteiger partial charge in [0, 0.05) is 18.8 Å². The molecule has 1 aromatic rings. The number of fused-ring (bicyclic) bond motifs is 1. The lowest BCUT2D eigenvalue weighted by molar-refractivity contribution is 0.296. The Labute approximate surface area is 92.3 Å². The van der Waals surface area contributed by atoms with Crippen molar-refractivity contribution in [3.63, 3.8) is 0 Å². The van der Waals surface area contributed by atoms with E-state index >= 15 is 0 Å². The summed E-state index contributed by atoms with van der Waals surface area (Å²) in [6, 6.07) is 6.85. The van der Waals surface area contributed by atoms with E-state index in [9.17, 15) is 0 Å². The highest BCUT2D eigenvalue weighted by molar-refractivity contribution is 5.56. The van der Waals surface area contributed by atoms with Gasteiger partial charge >= 0.3 is 0 Å². The van der Waals surface area contributed by atoms with Gasteiger partial charge in [-0.05, 0) is 36.7 Å². The van der Waals surface area contributed by atoms with Gasteiger partial charge in [0.15, 0.2) is 0 Å². The summed E-state index contributed by atoms with van der Waals surface area (Å²) in [6.45, 7) is 8.86. The molecule has 1 aliphatic heterocycles. The molecule has 1 aliphatic rings. The smallest absolute Gasteiger partial charge is 0.0376 e. The molecule has 0 saturated heterocycles. The van der Waals surface area contributed by atoms with Gasteiger partial charge in [-0.1, -0.05) is 26.0 Å². The van der Waals surface area contributed by atoms with Crippen molar-refractivity contribution in [1.29, 1.82) is 0 Å². The average Bonchev–Trinajstić information content (AvgIpc) is 2.73. The minimum Gasteiger partial charge on any atom is -0.384 e. The van der Waals surface area contributed by atoms with Crippen LogP contribution in [0.3, 0.4) is 0 Å². The third kappa shape index (κ3) is 2.32. The predicted molar refractivity (Wildman–Crippen MR) is 65.3 cm³/mol. The average molecular weight is 204 g/mol. The van der Waals surface area contributed by atoms with Crippen molar-refractivity contribution in [2.45, 2.75) is 26.8 Å². The Balaban J connectivity index is 2.09. The SMILES string of the molecule is CCN(CC)Cc1ccc2c(c1)NCC2. The maximum atomic E-state index is 3.43. The lowest BCUT2D eigenvalue weighted by Crippen LogP contribution is -2.22. The van der Waals surface area contributed by atoms with Gasteiger partial charge in [0.05, 0.1) is 0 Å². The standard InChI is InChI=1S/C13H20N2/c1-3-15(4-2)10-11-5-6-12-7-8-14-13(12)9-11/h5-6,9,14H,3-4,7-8,10H2,1-2H3. The van der Waals surface area contributed by atoms with E-state index in [2.05, 4.69) is 42.3 Å². The number of hydrogen-bond donors (Lipinski definition) is 1. The van der Waals surface area contributed by atoms with Crippen LogP contribution in [-0.4, -0.2) is 24.5 Å². The topological polar surface area (TPSA) is 15.3 Å². The molecule has 82 valence electrons. The molecule has 0 amide bonds. The van der Waals surface area contributed by atoms with Crippen LogP contribution in [0.2, 0.25) is 0 Å². The second-order valence-corrected chi connectivity index (χ2v) is 4.13. The molecule has 0 spiro atoms. The zero-order valence-electron chi connectivity index (χ0n) is 9.71. The van der Waals surface area contributed by atoms with E-state index in [-0.39, 0.29) is 0 Å². The third-order valence-corrected chi connectivity index (χ3v) is 3.18. The van der Waals surface area contributed by atoms with Crippen LogP contribution in [0.4, 0.5) is 5.69 Å². The summed E-state index contributed by atoms with van der Waals surface area (Å²) in [5, 5.41) is 3.43. The van der Waals surface area contributed by atoms with E-state index in [1.807, 2.05) is 0 Å². The second-order valence-electron chi connectivity index (χ2n) is 4.13. The minimum absolute atomic E-state index is 1.07. The van der Waals surface area contributed by atoms with Crippen LogP contribution in [0, 0.1) is 0 Å². The van der Waals surface area contributed by atoms with Crippen LogP contribution in [0.5, 0.6) is 0 Å². The van der Waals surface area contributed by atoms with Crippen LogP contribution in [0.1, 0.15) is 25.0 Å². The molecule has 0 fully saturated rings. The Morgan fingerprint density at radius 1 is 1.27 bits per heavy atom. The van der Waals surface area contributed by atoms with Gasteiger partial charge in [-0.25, -0.2) is 0 Å². The Bertz CT molecular complexity index is 329. The van der Waals surface area contributed by atoms with Crippen molar-refractivity contribution in [2.24, 2.45) is 0 Å². The van der Waals surface area contributed by atoms with Gasteiger partial charge in [0.1, 0.15) is 0 Å². The number of anilines is 1. The molecule has 15 heavy (non-hydrogen) atoms. The monoisotopic (exact) mass is 204 g/mol. The van der Waals surface area contributed by atoms with Gasteiger partial charge in [-0.2, -0.15) is 0 Å². The molecule has 2 rings (SSSR count). The van der Waals surface area contributed by atoms with Crippen molar-refractivity contribution in [1.82, 2.24) is 4.90 Å². The van der Waals surface area contributed by atoms with E-state index in [1.165, 1.54) is 23.2 Å². The summed E-state index contributed by atoms with van der Waals surface area (Å²) in [7, 11) is 0. The molecular formula is C13H20N2. The molecule has 0 saturated carbocycles. The first-order chi connectivity index (χ1) is 7.33. The van der Waals surface area contributed by atoms with Crippen molar-refractivity contribution >= 4 is 5.69 Å². The number of hydrogen-bond acceptors (Lipinski definition) is 2. The largest absolute Gasteiger partial charge is 0.384 e. The van der Waals surface area contributed by atoms with Crippen molar-refractivity contribution < 1.29 is 0 Å². The van der Waals surface area contributed by atoms with Crippen LogP contribution in [-0.2, 0) is 13.0 Å². The first kappa shape index (κ1) is 10.5. The fourth-order valence-electron chi connectivity index (χ4n) is 2.14. The van der Waals surface area contributed by atoms with Gasteiger partial charge in [-0.3, -0.25) is 4.90 Å². The van der Waals surface area contributed by atoms with E-state index in [4.69, 9.17) is 0 Å². The van der Waals surface area contributed by atoms with Gasteiger partial charge in [0.25, 0.3) is 0 Å². The molecular weight excluding hydrogens is 184 g/mol. The van der Waals surface area contributed by atoms with E-state index in [0.717, 1.165) is 26.2 Å². The zero-order valence-corrected chi connectivity index (χ0v) is 9.71. The highest BCUT2D eigenvalue weighted by Crippen LogP contribution is 2.23. The molecule has 1 heterocycles. The molecule has 0 aliphatic carbocycles. The molecule has 0 aromatic heterocycles. The fourth-order valence-corrected chi connectivity index (χ4v) is 2.14. The second kappa shape index (κ2) is 4.67. The lowest BCUT2D eigenvalue weighted by Gasteiger charge is -2.18. The Morgan fingerprint density at radius 2 is 2.07 bits per heavy atom. The number of rotatable bonds is 4. The molecule has 1 N–H and O–H groups in total. The molecule has 2 heteroatoms. The van der Waals surface area contributed by atoms with Gasteiger partial charge in [0.2, 0.25) is 0 Å². The maximum absolute atomic E-state index is 3.43. The highest BCUT2D eigenvalue weighted by atomic mass is 15.1. The fraction of sp³-hybridized carbons (Fsp3) is 0.538. The van der Waals surface area contributed by atoms with Gasteiger partial charge in [-0.15, -0.1) is 0 Å². The summed E-state index contributed by atoms with van der Waals surface area (Å²) in [5.41, 5.74) is 4.24. The maximum Gasteiger partial charge on any atom is 0.0376 e. The van der Waals surface area contributed by atoms with Crippen molar-refractivity contribution in [3.05, 3.63) is 29.3 Å². The Morgan fingerprint density at radius 3 is 2.80 bits per heavy atom. The number of nitrogens with one attached hydrogen (secondary N) is 1. The summed E-state index contributed by atoms with van der Waals surface area (Å²) < 4.78 is 0. The van der Waals surface area contributed by atoms with Crippen LogP contribution < -0.4 is 5.32 Å². The van der Waals surface area contributed by atoms with Crippen molar-refractivity contribution in [3.8, 4) is 0 Å². The minimum atomic E-state index is 1.07. The summed E-state index contributed by atoms with van der Waals surface area (Å²) in [4.78, 5) is 2.44. The van der Waals surface area contributed by atoms with Crippen LogP contribution >= 0.6 is 0 Å². The van der Waals surface area contributed by atoms with Crippen molar-refractivity contribution in [2.75, 3.05) is 25.0 Å². The normalized spacial score (nSPS) is 14.1. The summed E-state index contributed by atoms with van der Waals surface area (Å²) in [6.07, 6.45) is 1.18. The zero-order chi connectivity index (χ0) is 10.7. The van der Waals surface area contributed by atoms with Crippen LogP contribution in [0.15, 0.2) is 18.2 Å². The number of benzene rings is 1. The molecule has 2 nitrogen and oxygen atoms in total. The van der Waals surface area contributed by atoms with Crippen LogP contribution in [0.25, 0.3) is 0 Å². The van der Waals surface area contributed by atoms with E-state index in [1.54, 1.807) is 0 Å². The Hall–Kier alpha value is -1.02. The van der Waals surface area contributed by atoms with Gasteiger partial charge < -0.3 is 5.32 Å². The highest BCUT2D eigenvalue weighted by Gasteiger charge is 2.10. The lowest BCUT2D eigenvalue weighted by atomic mass is 10.1. The van der Waals surface area contributed by atoms with E-state index < -0.39 is 0 Å². The molecule has 1 aromatic carbocycles. The first-order valence-electron chi connectivity index (χ1n) is 5.91. The third-order valence-electron chi connectivity index (χ3n) is 3.18. The van der Waals surface area contributed by atoms with E-state index in [0.29, 0.717) is 0 Å². The molecule has 0 radical (unpaired) electrons. The first-order valence-corrected chi connectivity index (χ1v) is 5.91. The summed E-state index contributed by atoms with van der Waals surface area (Å²) in [5.74, 6) is 0. The quantitative estimate of drug-likeness (QED) is 0.810. The molecule has 0 bridgehead atoms. The molecule has 0 unspecified atom stereocenters. The molecule has 0 atom stereocenters. The summed E-state index contributed by atoms with van der Waals surface area (Å²) >= 11 is 0. The number of nitrogens with zero attached hydrogens (tertiary/aromatic N) is 1.